The SMILES string of the molecule is CCCN(CC)S(=O)(=O)c1ccc(N)c2cccnc12. The smallest absolute Gasteiger partial charge is 0.245 e. The monoisotopic (exact) mass is 293 g/mol. The van der Waals surface area contributed by atoms with Gasteiger partial charge < -0.3 is 5.73 Å². The molecule has 0 unspecified atom stereocenters. The van der Waals surface area contributed by atoms with Crippen molar-refractivity contribution in [2.24, 2.45) is 0 Å². The van der Waals surface area contributed by atoms with Gasteiger partial charge in [0.2, 0.25) is 10.0 Å². The predicted octanol–water partition coefficient (Wildman–Crippen LogP) is 2.24. The fraction of sp³-hybridized carbons (Fsp3) is 0.357. The van der Waals surface area contributed by atoms with Gasteiger partial charge in [-0.15, -0.1) is 0 Å². The van der Waals surface area contributed by atoms with Gasteiger partial charge in [-0.3, -0.25) is 4.98 Å². The lowest BCUT2D eigenvalue weighted by atomic mass is 10.2. The highest BCUT2D eigenvalue weighted by Crippen LogP contribution is 2.28. The Bertz CT molecular complexity index is 713. The number of hydrogen-bond acceptors (Lipinski definition) is 4. The molecule has 1 aromatic heterocycles. The molecule has 0 saturated carbocycles. The molecule has 0 amide bonds. The highest BCUT2D eigenvalue weighted by atomic mass is 32.2. The van der Waals surface area contributed by atoms with Gasteiger partial charge >= 0.3 is 0 Å². The zero-order valence-corrected chi connectivity index (χ0v) is 12.5. The van der Waals surface area contributed by atoms with Crippen molar-refractivity contribution in [2.75, 3.05) is 18.8 Å². The van der Waals surface area contributed by atoms with Crippen LogP contribution in [0.15, 0.2) is 35.4 Å². The highest BCUT2D eigenvalue weighted by molar-refractivity contribution is 7.89. The lowest BCUT2D eigenvalue weighted by molar-refractivity contribution is 0.427. The molecule has 5 nitrogen and oxygen atoms in total. The van der Waals surface area contributed by atoms with Crippen LogP contribution in [0, 0.1) is 0 Å². The van der Waals surface area contributed by atoms with Gasteiger partial charge in [0.1, 0.15) is 4.90 Å². The molecule has 2 rings (SSSR count). The zero-order chi connectivity index (χ0) is 14.8. The van der Waals surface area contributed by atoms with Crippen LogP contribution in [0.2, 0.25) is 0 Å². The molecule has 108 valence electrons. The molecule has 0 saturated heterocycles. The number of hydrogen-bond donors (Lipinski definition) is 1. The third kappa shape index (κ3) is 2.48. The van der Waals surface area contributed by atoms with Gasteiger partial charge in [0.15, 0.2) is 0 Å². The summed E-state index contributed by atoms with van der Waals surface area (Å²) in [5.41, 5.74) is 6.85. The third-order valence-corrected chi connectivity index (χ3v) is 5.22. The molecule has 1 heterocycles. The maximum absolute atomic E-state index is 12.7. The summed E-state index contributed by atoms with van der Waals surface area (Å²) in [5, 5.41) is 0.668. The number of pyridine rings is 1. The average molecular weight is 293 g/mol. The quantitative estimate of drug-likeness (QED) is 0.858. The summed E-state index contributed by atoms with van der Waals surface area (Å²) >= 11 is 0. The van der Waals surface area contributed by atoms with Crippen molar-refractivity contribution in [3.8, 4) is 0 Å². The van der Waals surface area contributed by atoms with Crippen LogP contribution in [-0.4, -0.2) is 30.8 Å². The summed E-state index contributed by atoms with van der Waals surface area (Å²) < 4.78 is 26.9. The van der Waals surface area contributed by atoms with Gasteiger partial charge in [-0.25, -0.2) is 8.42 Å². The van der Waals surface area contributed by atoms with Crippen LogP contribution in [0.5, 0.6) is 0 Å². The molecule has 0 atom stereocenters. The van der Waals surface area contributed by atoms with Crippen molar-refractivity contribution in [3.63, 3.8) is 0 Å². The van der Waals surface area contributed by atoms with E-state index in [0.717, 1.165) is 6.42 Å². The van der Waals surface area contributed by atoms with Gasteiger partial charge in [-0.2, -0.15) is 4.31 Å². The molecule has 20 heavy (non-hydrogen) atoms. The van der Waals surface area contributed by atoms with E-state index in [4.69, 9.17) is 5.73 Å². The molecular weight excluding hydrogens is 274 g/mol. The second-order valence-corrected chi connectivity index (χ2v) is 6.46. The minimum absolute atomic E-state index is 0.220. The van der Waals surface area contributed by atoms with Crippen molar-refractivity contribution in [3.05, 3.63) is 30.5 Å². The second-order valence-electron chi connectivity index (χ2n) is 4.55. The van der Waals surface area contributed by atoms with Crippen LogP contribution in [-0.2, 0) is 10.0 Å². The summed E-state index contributed by atoms with van der Waals surface area (Å²) in [4.78, 5) is 4.42. The minimum atomic E-state index is -3.54. The second kappa shape index (κ2) is 5.76. The summed E-state index contributed by atoms with van der Waals surface area (Å²) in [6.07, 6.45) is 2.35. The van der Waals surface area contributed by atoms with Crippen LogP contribution in [0.4, 0.5) is 5.69 Å². The fourth-order valence-corrected chi connectivity index (χ4v) is 3.90. The molecule has 0 aliphatic heterocycles. The number of fused-ring (bicyclic) bond motifs is 1. The number of nitrogen functional groups attached to an aromatic ring is 1. The first-order chi connectivity index (χ1) is 9.52. The van der Waals surface area contributed by atoms with Gasteiger partial charge in [0.05, 0.1) is 5.52 Å². The van der Waals surface area contributed by atoms with E-state index in [9.17, 15) is 8.42 Å². The Balaban J connectivity index is 2.66. The molecule has 0 bridgehead atoms. The van der Waals surface area contributed by atoms with E-state index < -0.39 is 10.0 Å². The van der Waals surface area contributed by atoms with Crippen LogP contribution in [0.3, 0.4) is 0 Å². The van der Waals surface area contributed by atoms with Gasteiger partial charge in [0, 0.05) is 30.4 Å². The number of nitrogens with zero attached hydrogens (tertiary/aromatic N) is 2. The fourth-order valence-electron chi connectivity index (χ4n) is 2.21. The minimum Gasteiger partial charge on any atom is -0.398 e. The van der Waals surface area contributed by atoms with Crippen molar-refractivity contribution in [1.82, 2.24) is 9.29 Å². The molecule has 0 radical (unpaired) electrons. The van der Waals surface area contributed by atoms with Crippen molar-refractivity contribution in [2.45, 2.75) is 25.2 Å². The number of anilines is 1. The maximum Gasteiger partial charge on any atom is 0.245 e. The molecule has 0 aliphatic rings. The summed E-state index contributed by atoms with van der Waals surface area (Å²) in [6.45, 7) is 4.73. The Kier molecular flexibility index (Phi) is 4.25. The summed E-state index contributed by atoms with van der Waals surface area (Å²) in [7, 11) is -3.54. The molecule has 0 spiro atoms. The van der Waals surface area contributed by atoms with Crippen LogP contribution in [0.25, 0.3) is 10.9 Å². The Morgan fingerprint density at radius 1 is 1.25 bits per heavy atom. The predicted molar refractivity (Wildman–Crippen MR) is 80.9 cm³/mol. The first-order valence-corrected chi connectivity index (χ1v) is 8.09. The summed E-state index contributed by atoms with van der Waals surface area (Å²) in [5.74, 6) is 0. The maximum atomic E-state index is 12.7. The first-order valence-electron chi connectivity index (χ1n) is 6.65. The van der Waals surface area contributed by atoms with E-state index in [1.807, 2.05) is 13.8 Å². The number of benzene rings is 1. The number of nitrogens with two attached hydrogens (primary N) is 1. The van der Waals surface area contributed by atoms with Crippen molar-refractivity contribution >= 4 is 26.6 Å². The van der Waals surface area contributed by atoms with E-state index in [2.05, 4.69) is 4.98 Å². The molecule has 0 fully saturated rings. The van der Waals surface area contributed by atoms with Crippen LogP contribution < -0.4 is 5.73 Å². The van der Waals surface area contributed by atoms with Crippen LogP contribution >= 0.6 is 0 Å². The topological polar surface area (TPSA) is 76.3 Å². The molecule has 0 aliphatic carbocycles. The van der Waals surface area contributed by atoms with Gasteiger partial charge in [0.25, 0.3) is 0 Å². The van der Waals surface area contributed by atoms with Gasteiger partial charge in [-0.05, 0) is 30.7 Å². The average Bonchev–Trinajstić information content (AvgIpc) is 2.45. The lowest BCUT2D eigenvalue weighted by Gasteiger charge is -2.20. The molecule has 6 heteroatoms. The Labute approximate surface area is 119 Å². The number of sulfonamides is 1. The zero-order valence-electron chi connectivity index (χ0n) is 11.7. The van der Waals surface area contributed by atoms with E-state index in [0.29, 0.717) is 29.7 Å². The normalized spacial score (nSPS) is 12.2. The molecular formula is C14H19N3O2S. The highest BCUT2D eigenvalue weighted by Gasteiger charge is 2.25. The Morgan fingerprint density at radius 2 is 2.00 bits per heavy atom. The number of aromatic nitrogens is 1. The van der Waals surface area contributed by atoms with Crippen molar-refractivity contribution < 1.29 is 8.42 Å². The Hall–Kier alpha value is -1.66. The van der Waals surface area contributed by atoms with E-state index >= 15 is 0 Å². The van der Waals surface area contributed by atoms with Crippen molar-refractivity contribution in [1.29, 1.82) is 0 Å². The van der Waals surface area contributed by atoms with E-state index in [1.165, 1.54) is 4.31 Å². The van der Waals surface area contributed by atoms with E-state index in [1.54, 1.807) is 30.5 Å². The van der Waals surface area contributed by atoms with E-state index in [-0.39, 0.29) is 4.90 Å². The molecule has 2 aromatic rings. The lowest BCUT2D eigenvalue weighted by Crippen LogP contribution is -2.31. The summed E-state index contributed by atoms with van der Waals surface area (Å²) in [6, 6.07) is 6.69. The largest absolute Gasteiger partial charge is 0.398 e. The molecule has 1 aromatic carbocycles. The standard InChI is InChI=1S/C14H19N3O2S/c1-3-10-17(4-2)20(18,19)13-8-7-12(15)11-6-5-9-16-14(11)13/h5-9H,3-4,10,15H2,1-2H3. The first kappa shape index (κ1) is 14.7. The number of rotatable bonds is 5. The van der Waals surface area contributed by atoms with Gasteiger partial charge in [-0.1, -0.05) is 13.8 Å². The third-order valence-electron chi connectivity index (χ3n) is 3.21. The van der Waals surface area contributed by atoms with Crippen LogP contribution in [0.1, 0.15) is 20.3 Å². The Morgan fingerprint density at radius 3 is 2.65 bits per heavy atom. The molecule has 2 N–H and O–H groups in total.